The number of hydrogen-bond acceptors (Lipinski definition) is 13. The summed E-state index contributed by atoms with van der Waals surface area (Å²) >= 11 is 4.07. The van der Waals surface area contributed by atoms with Crippen LogP contribution in [0.25, 0.3) is 0 Å². The molecule has 1 aliphatic rings. The van der Waals surface area contributed by atoms with Gasteiger partial charge in [0, 0.05) is 37.8 Å². The number of aromatic nitrogens is 2. The van der Waals surface area contributed by atoms with Crippen molar-refractivity contribution in [2.45, 2.75) is 141 Å². The molecule has 7 amide bonds. The molecular formula is C41H72N9O13PS. The molecule has 1 aromatic rings. The third-order valence-corrected chi connectivity index (χ3v) is 12.0. The fourth-order valence-electron chi connectivity index (χ4n) is 7.07. The van der Waals surface area contributed by atoms with E-state index in [0.717, 1.165) is 0 Å². The topological polar surface area (TPSA) is 334 Å². The molecule has 11 N–H and O–H groups in total. The van der Waals surface area contributed by atoms with Gasteiger partial charge in [-0.15, -0.1) is 0 Å². The zero-order valence-electron chi connectivity index (χ0n) is 38.6. The number of likely N-dealkylation sites (tertiary alicyclic amines) is 1. The lowest BCUT2D eigenvalue weighted by atomic mass is 10.0. The van der Waals surface area contributed by atoms with Crippen molar-refractivity contribution in [1.29, 1.82) is 0 Å². The van der Waals surface area contributed by atoms with Crippen LogP contribution in [0.3, 0.4) is 0 Å². The van der Waals surface area contributed by atoms with E-state index in [4.69, 9.17) is 15.2 Å². The summed E-state index contributed by atoms with van der Waals surface area (Å²) in [7, 11) is -4.61. The van der Waals surface area contributed by atoms with E-state index in [-0.39, 0.29) is 43.6 Å². The molecule has 2 rings (SSSR count). The van der Waals surface area contributed by atoms with Gasteiger partial charge in [0.25, 0.3) is 0 Å². The van der Waals surface area contributed by atoms with Crippen LogP contribution in [-0.2, 0) is 54.0 Å². The molecule has 0 bridgehead atoms. The number of hydrogen-bond donors (Lipinski definition) is 11. The molecule has 0 saturated carbocycles. The van der Waals surface area contributed by atoms with Crippen LogP contribution in [0.5, 0.6) is 0 Å². The first kappa shape index (κ1) is 57.0. The number of imidazole rings is 1. The van der Waals surface area contributed by atoms with Gasteiger partial charge in [-0.05, 0) is 77.4 Å². The van der Waals surface area contributed by atoms with Crippen molar-refractivity contribution in [1.82, 2.24) is 41.5 Å². The minimum atomic E-state index is -4.61. The van der Waals surface area contributed by atoms with Gasteiger partial charge in [-0.2, -0.15) is 12.6 Å². The first-order valence-corrected chi connectivity index (χ1v) is 24.3. The average Bonchev–Trinajstić information content (AvgIpc) is 3.90. The molecule has 0 radical (unpaired) electrons. The van der Waals surface area contributed by atoms with Crippen LogP contribution < -0.4 is 32.3 Å². The summed E-state index contributed by atoms with van der Waals surface area (Å²) in [6, 6.07) is -6.67. The predicted octanol–water partition coefficient (Wildman–Crippen LogP) is -0.583. The fourth-order valence-corrected chi connectivity index (χ4v) is 8.23. The van der Waals surface area contributed by atoms with E-state index in [1.807, 2.05) is 41.5 Å². The Labute approximate surface area is 386 Å². The molecule has 22 nitrogen and oxygen atoms in total. The van der Waals surface area contributed by atoms with Crippen molar-refractivity contribution < 1.29 is 62.5 Å². The first-order valence-electron chi connectivity index (χ1n) is 21.9. The first-order chi connectivity index (χ1) is 30.3. The maximum Gasteiger partial charge on any atom is 0.325 e. The second kappa shape index (κ2) is 26.9. The van der Waals surface area contributed by atoms with Gasteiger partial charge in [-0.3, -0.25) is 38.1 Å². The molecule has 1 fully saturated rings. The summed E-state index contributed by atoms with van der Waals surface area (Å²) in [6.07, 6.45) is 4.36. The van der Waals surface area contributed by atoms with Crippen LogP contribution in [0.4, 0.5) is 0 Å². The summed E-state index contributed by atoms with van der Waals surface area (Å²) < 4.78 is 23.7. The Morgan fingerprint density at radius 3 is 2.12 bits per heavy atom. The smallest absolute Gasteiger partial charge is 0.325 e. The lowest BCUT2D eigenvalue weighted by molar-refractivity contribution is -0.141. The number of nitrogens with zero attached hydrogens (tertiary/aromatic N) is 2. The molecule has 6 unspecified atom stereocenters. The van der Waals surface area contributed by atoms with Crippen LogP contribution >= 0.6 is 20.2 Å². The lowest BCUT2D eigenvalue weighted by Gasteiger charge is -2.30. The number of nitrogens with one attached hydrogen (secondary N) is 6. The molecule has 24 heteroatoms. The summed E-state index contributed by atoms with van der Waals surface area (Å²) in [5.41, 5.74) is 4.68. The number of primary amides is 1. The highest BCUT2D eigenvalue weighted by Gasteiger charge is 2.38. The summed E-state index contributed by atoms with van der Waals surface area (Å²) in [6.45, 7) is 12.9. The highest BCUT2D eigenvalue weighted by molar-refractivity contribution is 7.80. The molecule has 1 saturated heterocycles. The van der Waals surface area contributed by atoms with Crippen molar-refractivity contribution >= 4 is 61.6 Å². The Morgan fingerprint density at radius 1 is 0.923 bits per heavy atom. The minimum absolute atomic E-state index is 0.00825. The minimum Gasteiger partial charge on any atom is -0.394 e. The number of nitrogens with two attached hydrogens (primary N) is 1. The van der Waals surface area contributed by atoms with Gasteiger partial charge in [-0.1, -0.05) is 20.8 Å². The second-order valence-corrected chi connectivity index (χ2v) is 20.2. The highest BCUT2D eigenvalue weighted by Crippen LogP contribution is 2.37. The van der Waals surface area contributed by atoms with Gasteiger partial charge < -0.3 is 66.6 Å². The standard InChI is InChI=1S/C41H72N9O13PS/c1-25(2)19-28(36(55)46-29(20-27-21-43-24-45-27)37(56)48-30(22-51)38(57)49-34(35(42)54)26(3)23-64(59,60)61)47-39(58)31-9-8-15-50(31)33(53)10-16-62-41(6,7)13-17-63-40(4,5)12-14-44-32(52)11-18-65/h21,24-26,28-31,34,51,65H,8-20,22-23H2,1-7H3,(H2,42,54)(H,43,45)(H,44,52)(H,46,55)(H,47,58)(H,48,56)(H,49,57)(H2,59,60,61). The third kappa shape index (κ3) is 21.4. The van der Waals surface area contributed by atoms with Crippen LogP contribution in [0, 0.1) is 11.8 Å². The van der Waals surface area contributed by atoms with Gasteiger partial charge in [-0.25, -0.2) is 4.98 Å². The van der Waals surface area contributed by atoms with Gasteiger partial charge in [0.1, 0.15) is 30.2 Å². The number of rotatable bonds is 30. The van der Waals surface area contributed by atoms with Gasteiger partial charge >= 0.3 is 7.60 Å². The summed E-state index contributed by atoms with van der Waals surface area (Å²) in [4.78, 5) is 119. The number of aliphatic hydroxyl groups excluding tert-OH is 1. The zero-order valence-corrected chi connectivity index (χ0v) is 40.4. The van der Waals surface area contributed by atoms with Crippen molar-refractivity contribution in [3.63, 3.8) is 0 Å². The van der Waals surface area contributed by atoms with Crippen molar-refractivity contribution in [2.24, 2.45) is 17.6 Å². The number of ether oxygens (including phenoxy) is 2. The number of amides is 7. The Morgan fingerprint density at radius 2 is 1.54 bits per heavy atom. The van der Waals surface area contributed by atoms with E-state index in [0.29, 0.717) is 63.2 Å². The lowest BCUT2D eigenvalue weighted by Crippen LogP contribution is -2.60. The average molecular weight is 962 g/mol. The second-order valence-electron chi connectivity index (χ2n) is 18.0. The van der Waals surface area contributed by atoms with Crippen molar-refractivity contribution in [2.75, 3.05) is 44.8 Å². The Hall–Kier alpha value is -4.12. The van der Waals surface area contributed by atoms with E-state index >= 15 is 0 Å². The molecule has 1 aromatic heterocycles. The van der Waals surface area contributed by atoms with Gasteiger partial charge in [0.2, 0.25) is 41.4 Å². The van der Waals surface area contributed by atoms with Crippen LogP contribution in [0.2, 0.25) is 0 Å². The number of thiol groups is 1. The van der Waals surface area contributed by atoms with Crippen LogP contribution in [-0.4, -0.2) is 157 Å². The van der Waals surface area contributed by atoms with E-state index in [1.165, 1.54) is 24.3 Å². The number of aromatic amines is 1. The van der Waals surface area contributed by atoms with Gasteiger partial charge in [0.15, 0.2) is 0 Å². The summed E-state index contributed by atoms with van der Waals surface area (Å²) in [5.74, 6) is -5.54. The maximum atomic E-state index is 13.9. The number of aliphatic hydroxyl groups is 1. The van der Waals surface area contributed by atoms with Crippen molar-refractivity contribution in [3.05, 3.63) is 18.2 Å². The molecule has 65 heavy (non-hydrogen) atoms. The zero-order chi connectivity index (χ0) is 49.1. The van der Waals surface area contributed by atoms with E-state index in [1.54, 1.807) is 0 Å². The molecular weight excluding hydrogens is 890 g/mol. The summed E-state index contributed by atoms with van der Waals surface area (Å²) in [5, 5.41) is 22.9. The van der Waals surface area contributed by atoms with E-state index < -0.39 is 97.2 Å². The molecule has 0 spiro atoms. The Bertz CT molecular complexity index is 1780. The predicted molar refractivity (Wildman–Crippen MR) is 242 cm³/mol. The molecule has 0 aliphatic carbocycles. The van der Waals surface area contributed by atoms with E-state index in [2.05, 4.69) is 49.2 Å². The molecule has 2 heterocycles. The third-order valence-electron chi connectivity index (χ3n) is 10.7. The quantitative estimate of drug-likeness (QED) is 0.0340. The van der Waals surface area contributed by atoms with Crippen LogP contribution in [0.1, 0.15) is 99.1 Å². The fraction of sp³-hybridized carbons (Fsp3) is 0.756. The highest BCUT2D eigenvalue weighted by atomic mass is 32.1. The SMILES string of the molecule is CC(C)CC(NC(=O)C1CCCN1C(=O)CCOC(C)(C)CCOC(C)(C)CCNC(=O)CCS)C(=O)NC(Cc1cnc[nH]1)C(=O)NC(CO)C(=O)NC(C(N)=O)C(C)CP(=O)(O)O. The van der Waals surface area contributed by atoms with E-state index in [9.17, 15) is 53.0 Å². The molecule has 370 valence electrons. The normalized spacial score (nSPS) is 16.8. The van der Waals surface area contributed by atoms with Crippen LogP contribution in [0.15, 0.2) is 12.5 Å². The molecule has 0 aromatic carbocycles. The number of carbonyl (C=O) groups is 7. The number of carbonyl (C=O) groups excluding carboxylic acids is 7. The maximum absolute atomic E-state index is 13.9. The Balaban J connectivity index is 2.08. The largest absolute Gasteiger partial charge is 0.394 e. The van der Waals surface area contributed by atoms with Gasteiger partial charge in [0.05, 0.1) is 49.9 Å². The molecule has 6 atom stereocenters. The van der Waals surface area contributed by atoms with Crippen molar-refractivity contribution in [3.8, 4) is 0 Å². The Kier molecular flexibility index (Phi) is 23.6. The number of H-pyrrole nitrogens is 1. The monoisotopic (exact) mass is 961 g/mol. The molecule has 1 aliphatic heterocycles.